The number of pyridine rings is 1. The van der Waals surface area contributed by atoms with Crippen molar-refractivity contribution in [3.8, 4) is 6.07 Å². The number of anilines is 1. The molecule has 4 aromatic rings. The highest BCUT2D eigenvalue weighted by atomic mass is 32.1. The number of benzene rings is 2. The Balaban J connectivity index is 1.40. The van der Waals surface area contributed by atoms with Gasteiger partial charge in [0.1, 0.15) is 11.6 Å². The monoisotopic (exact) mass is 414 g/mol. The lowest BCUT2D eigenvalue weighted by molar-refractivity contribution is 0.403. The van der Waals surface area contributed by atoms with Crippen LogP contribution < -0.4 is 10.5 Å². The molecule has 1 saturated heterocycles. The van der Waals surface area contributed by atoms with E-state index in [1.54, 1.807) is 23.0 Å². The molecule has 0 bridgehead atoms. The lowest BCUT2D eigenvalue weighted by Gasteiger charge is -2.34. The Morgan fingerprint density at radius 1 is 1.13 bits per heavy atom. The summed E-state index contributed by atoms with van der Waals surface area (Å²) in [6, 6.07) is 18.3. The van der Waals surface area contributed by atoms with Crippen molar-refractivity contribution in [3.63, 3.8) is 0 Å². The second kappa shape index (κ2) is 7.58. The molecule has 1 aliphatic rings. The number of fused-ring (bicyclic) bond motifs is 2. The second-order valence-corrected chi connectivity index (χ2v) is 9.04. The Morgan fingerprint density at radius 2 is 1.87 bits per heavy atom. The first-order chi connectivity index (χ1) is 14.7. The van der Waals surface area contributed by atoms with Crippen molar-refractivity contribution in [1.29, 1.82) is 5.26 Å². The van der Waals surface area contributed by atoms with Gasteiger partial charge in [0.2, 0.25) is 0 Å². The van der Waals surface area contributed by atoms with Crippen LogP contribution in [-0.2, 0) is 13.5 Å². The summed E-state index contributed by atoms with van der Waals surface area (Å²) in [5.74, 6) is 0.574. The van der Waals surface area contributed by atoms with Crippen molar-refractivity contribution in [2.45, 2.75) is 19.3 Å². The van der Waals surface area contributed by atoms with E-state index in [-0.39, 0.29) is 11.1 Å². The molecule has 30 heavy (non-hydrogen) atoms. The largest absolute Gasteiger partial charge is 0.370 e. The molecule has 0 N–H and O–H groups in total. The van der Waals surface area contributed by atoms with Gasteiger partial charge in [-0.2, -0.15) is 5.26 Å². The number of nitriles is 1. The minimum absolute atomic E-state index is 0.220. The van der Waals surface area contributed by atoms with E-state index in [1.807, 2.05) is 30.3 Å². The third kappa shape index (κ3) is 3.16. The lowest BCUT2D eigenvalue weighted by atomic mass is 9.93. The molecule has 150 valence electrons. The number of thiazole rings is 1. The number of piperidine rings is 1. The first-order valence-corrected chi connectivity index (χ1v) is 11.1. The molecule has 0 radical (unpaired) electrons. The van der Waals surface area contributed by atoms with Crippen molar-refractivity contribution < 1.29 is 0 Å². The van der Waals surface area contributed by atoms with Gasteiger partial charge in [0, 0.05) is 31.9 Å². The number of aryl methyl sites for hydroxylation is 1. The van der Waals surface area contributed by atoms with Crippen LogP contribution in [0.25, 0.3) is 21.1 Å². The van der Waals surface area contributed by atoms with Gasteiger partial charge in [-0.05, 0) is 37.0 Å². The summed E-state index contributed by atoms with van der Waals surface area (Å²) in [7, 11) is 1.74. The van der Waals surface area contributed by atoms with Crippen molar-refractivity contribution in [1.82, 2.24) is 9.55 Å². The van der Waals surface area contributed by atoms with E-state index in [1.165, 1.54) is 9.71 Å². The van der Waals surface area contributed by atoms with Gasteiger partial charge in [-0.25, -0.2) is 4.98 Å². The number of rotatable bonds is 3. The minimum atomic E-state index is -0.220. The van der Waals surface area contributed by atoms with Crippen molar-refractivity contribution in [2.75, 3.05) is 18.0 Å². The Hall–Kier alpha value is -3.17. The molecule has 1 aliphatic heterocycles. The smallest absolute Gasteiger partial charge is 0.270 e. The molecule has 5 rings (SSSR count). The number of hydrogen-bond donors (Lipinski definition) is 0. The van der Waals surface area contributed by atoms with Crippen LogP contribution in [-0.4, -0.2) is 22.6 Å². The first-order valence-electron chi connectivity index (χ1n) is 10.3. The fourth-order valence-electron chi connectivity index (χ4n) is 4.52. The average Bonchev–Trinajstić information content (AvgIpc) is 3.19. The van der Waals surface area contributed by atoms with E-state index in [4.69, 9.17) is 4.98 Å². The van der Waals surface area contributed by atoms with Crippen LogP contribution >= 0.6 is 11.3 Å². The zero-order valence-corrected chi connectivity index (χ0v) is 17.7. The van der Waals surface area contributed by atoms with Crippen molar-refractivity contribution in [3.05, 3.63) is 69.5 Å². The van der Waals surface area contributed by atoms with Crippen LogP contribution in [0.1, 0.15) is 23.4 Å². The molecule has 0 amide bonds. The second-order valence-electron chi connectivity index (χ2n) is 7.93. The molecule has 0 atom stereocenters. The zero-order chi connectivity index (χ0) is 20.7. The van der Waals surface area contributed by atoms with Crippen LogP contribution in [0.4, 0.5) is 5.69 Å². The molecule has 3 heterocycles. The van der Waals surface area contributed by atoms with Gasteiger partial charge in [-0.3, -0.25) is 4.79 Å². The highest BCUT2D eigenvalue weighted by Crippen LogP contribution is 2.33. The highest BCUT2D eigenvalue weighted by Gasteiger charge is 2.25. The van der Waals surface area contributed by atoms with Gasteiger partial charge in [-0.15, -0.1) is 11.3 Å². The zero-order valence-electron chi connectivity index (χ0n) is 16.8. The van der Waals surface area contributed by atoms with Crippen molar-refractivity contribution in [2.24, 2.45) is 13.0 Å². The predicted octanol–water partition coefficient (Wildman–Crippen LogP) is 4.48. The van der Waals surface area contributed by atoms with E-state index < -0.39 is 0 Å². The van der Waals surface area contributed by atoms with Gasteiger partial charge in [0.25, 0.3) is 5.56 Å². The maximum absolute atomic E-state index is 12.8. The fourth-order valence-corrected chi connectivity index (χ4v) is 5.61. The molecule has 0 aliphatic carbocycles. The highest BCUT2D eigenvalue weighted by molar-refractivity contribution is 7.18. The van der Waals surface area contributed by atoms with E-state index in [9.17, 15) is 10.1 Å². The molecule has 0 unspecified atom stereocenters. The predicted molar refractivity (Wildman–Crippen MR) is 122 cm³/mol. The summed E-state index contributed by atoms with van der Waals surface area (Å²) in [4.78, 5) is 19.8. The van der Waals surface area contributed by atoms with E-state index in [0.29, 0.717) is 5.92 Å². The Kier molecular flexibility index (Phi) is 4.76. The molecular formula is C24H22N4OS. The summed E-state index contributed by atoms with van der Waals surface area (Å²) >= 11 is 1.79. The maximum Gasteiger partial charge on any atom is 0.270 e. The van der Waals surface area contributed by atoms with Gasteiger partial charge in [-0.1, -0.05) is 30.3 Å². The minimum Gasteiger partial charge on any atom is -0.370 e. The van der Waals surface area contributed by atoms with Gasteiger partial charge >= 0.3 is 0 Å². The van der Waals surface area contributed by atoms with Crippen molar-refractivity contribution >= 4 is 38.1 Å². The Labute approximate surface area is 178 Å². The topological polar surface area (TPSA) is 61.9 Å². The molecule has 1 fully saturated rings. The SMILES string of the molecule is Cn1c(=O)c(C#N)c(N2CCC(Cc3nc4ccccc4s3)CC2)c2ccccc21. The summed E-state index contributed by atoms with van der Waals surface area (Å²) in [6.45, 7) is 1.70. The van der Waals surface area contributed by atoms with Crippen LogP contribution in [0.15, 0.2) is 53.3 Å². The van der Waals surface area contributed by atoms with E-state index in [2.05, 4.69) is 29.2 Å². The lowest BCUT2D eigenvalue weighted by Crippen LogP contribution is -2.36. The van der Waals surface area contributed by atoms with Crippen LogP contribution in [0, 0.1) is 17.2 Å². The molecule has 0 spiro atoms. The number of nitrogens with zero attached hydrogens (tertiary/aromatic N) is 4. The molecular weight excluding hydrogens is 392 g/mol. The average molecular weight is 415 g/mol. The Morgan fingerprint density at radius 3 is 2.63 bits per heavy atom. The number of aromatic nitrogens is 2. The summed E-state index contributed by atoms with van der Waals surface area (Å²) in [6.07, 6.45) is 3.06. The molecule has 2 aromatic heterocycles. The van der Waals surface area contributed by atoms with Gasteiger partial charge in [0.15, 0.2) is 0 Å². The van der Waals surface area contributed by atoms with Crippen LogP contribution in [0.3, 0.4) is 0 Å². The summed E-state index contributed by atoms with van der Waals surface area (Å²) < 4.78 is 2.83. The molecule has 0 saturated carbocycles. The third-order valence-corrected chi connectivity index (χ3v) is 7.18. The van der Waals surface area contributed by atoms with Gasteiger partial charge in [0.05, 0.1) is 26.4 Å². The molecule has 6 heteroatoms. The summed E-state index contributed by atoms with van der Waals surface area (Å²) in [5.41, 5.74) is 2.78. The summed E-state index contributed by atoms with van der Waals surface area (Å²) in [5, 5.41) is 11.9. The number of para-hydroxylation sites is 2. The fraction of sp³-hybridized carbons (Fsp3) is 0.292. The normalized spacial score (nSPS) is 15.0. The standard InChI is InChI=1S/C24H22N4OS/c1-27-20-8-4-2-6-17(20)23(18(15-25)24(27)29)28-12-10-16(11-13-28)14-22-26-19-7-3-5-9-21(19)30-22/h2-9,16H,10-14H2,1H3. The maximum atomic E-state index is 12.8. The first kappa shape index (κ1) is 18.8. The van der Waals surface area contributed by atoms with Gasteiger partial charge < -0.3 is 9.47 Å². The Bertz CT molecular complexity index is 1310. The molecule has 5 nitrogen and oxygen atoms in total. The quantitative estimate of drug-likeness (QED) is 0.496. The third-order valence-electron chi connectivity index (χ3n) is 6.12. The van der Waals surface area contributed by atoms with Crippen LogP contribution in [0.2, 0.25) is 0 Å². The number of hydrogen-bond acceptors (Lipinski definition) is 5. The van der Waals surface area contributed by atoms with Crippen LogP contribution in [0.5, 0.6) is 0 Å². The van der Waals surface area contributed by atoms with E-state index in [0.717, 1.165) is 54.5 Å². The molecule has 2 aromatic carbocycles. The van der Waals surface area contributed by atoms with E-state index >= 15 is 0 Å².